The number of benzene rings is 1. The van der Waals surface area contributed by atoms with Crippen molar-refractivity contribution in [2.45, 2.75) is 17.6 Å². The normalized spacial score (nSPS) is 21.3. The van der Waals surface area contributed by atoms with E-state index in [1.807, 2.05) is 6.92 Å². The highest BCUT2D eigenvalue weighted by atomic mass is 32.2. The van der Waals surface area contributed by atoms with E-state index in [0.717, 1.165) is 5.56 Å². The largest absolute Gasteiger partial charge is 0.443 e. The quantitative estimate of drug-likeness (QED) is 0.739. The zero-order valence-corrected chi connectivity index (χ0v) is 15.2. The van der Waals surface area contributed by atoms with Crippen LogP contribution in [-0.2, 0) is 14.8 Å². The molecule has 0 atom stereocenters. The maximum atomic E-state index is 12.4. The van der Waals surface area contributed by atoms with Gasteiger partial charge in [0.05, 0.1) is 10.6 Å². The summed E-state index contributed by atoms with van der Waals surface area (Å²) in [5, 5.41) is 1.74. The van der Waals surface area contributed by atoms with Crippen LogP contribution in [0.1, 0.15) is 15.2 Å². The summed E-state index contributed by atoms with van der Waals surface area (Å²) in [4.78, 5) is 12.6. The van der Waals surface area contributed by atoms with Gasteiger partial charge in [-0.1, -0.05) is 17.7 Å². The van der Waals surface area contributed by atoms with Gasteiger partial charge in [0.2, 0.25) is 0 Å². The Balaban J connectivity index is 1.61. The van der Waals surface area contributed by atoms with Crippen LogP contribution in [0.4, 0.5) is 0 Å². The molecule has 26 heavy (non-hydrogen) atoms. The van der Waals surface area contributed by atoms with Crippen LogP contribution < -0.4 is 4.74 Å². The van der Waals surface area contributed by atoms with Gasteiger partial charge < -0.3 is 9.47 Å². The Bertz CT molecular complexity index is 1060. The Morgan fingerprint density at radius 3 is 2.42 bits per heavy atom. The van der Waals surface area contributed by atoms with Crippen LogP contribution >= 0.6 is 11.3 Å². The molecule has 6 nitrogen and oxygen atoms in total. The van der Waals surface area contributed by atoms with Gasteiger partial charge in [0, 0.05) is 12.2 Å². The first-order valence-corrected chi connectivity index (χ1v) is 9.99. The number of allylic oxidation sites excluding steroid dienone is 2. The number of nitrogens with zero attached hydrogens (tertiary/aromatic N) is 1. The van der Waals surface area contributed by atoms with Crippen molar-refractivity contribution < 1.29 is 22.7 Å². The Kier molecular flexibility index (Phi) is 3.82. The van der Waals surface area contributed by atoms with E-state index in [4.69, 9.17) is 9.47 Å². The van der Waals surface area contributed by atoms with E-state index >= 15 is 0 Å². The Morgan fingerprint density at radius 1 is 1.04 bits per heavy atom. The van der Waals surface area contributed by atoms with Gasteiger partial charge in [0.1, 0.15) is 0 Å². The fourth-order valence-electron chi connectivity index (χ4n) is 2.52. The topological polar surface area (TPSA) is 82.0 Å². The zero-order valence-electron chi connectivity index (χ0n) is 13.6. The van der Waals surface area contributed by atoms with Crippen LogP contribution in [0.2, 0.25) is 0 Å². The van der Waals surface area contributed by atoms with E-state index in [0.29, 0.717) is 10.6 Å². The second-order valence-corrected chi connectivity index (χ2v) is 8.32. The van der Waals surface area contributed by atoms with Gasteiger partial charge in [0.15, 0.2) is 10.6 Å². The second-order valence-electron chi connectivity index (χ2n) is 5.80. The van der Waals surface area contributed by atoms with Gasteiger partial charge in [-0.25, -0.2) is 4.79 Å². The molecule has 2 heterocycles. The number of carbonyl (C=O) groups excluding carboxylic acids is 1. The van der Waals surface area contributed by atoms with E-state index < -0.39 is 21.8 Å². The molecule has 0 amide bonds. The van der Waals surface area contributed by atoms with Crippen LogP contribution in [0.15, 0.2) is 69.3 Å². The molecular weight excluding hydrogens is 374 g/mol. The lowest BCUT2D eigenvalue weighted by Crippen LogP contribution is -2.42. The fourth-order valence-corrected chi connectivity index (χ4v) is 4.20. The Hall–Kier alpha value is -2.71. The highest BCUT2D eigenvalue weighted by Gasteiger charge is 2.40. The minimum atomic E-state index is -3.83. The standard InChI is InChI=1S/C18H13NO5S2/c1-12-2-4-14(5-3-12)26(21,22)19-13-6-9-18(10-7-13)23-15-8-11-25-16(15)17(20)24-18/h2-11H,1H3. The van der Waals surface area contributed by atoms with Gasteiger partial charge in [-0.3, -0.25) is 0 Å². The van der Waals surface area contributed by atoms with E-state index in [1.165, 1.54) is 47.8 Å². The lowest BCUT2D eigenvalue weighted by Gasteiger charge is -2.32. The molecule has 0 saturated carbocycles. The van der Waals surface area contributed by atoms with Crippen molar-refractivity contribution in [3.63, 3.8) is 0 Å². The Morgan fingerprint density at radius 2 is 1.73 bits per heavy atom. The molecule has 1 aliphatic carbocycles. The van der Waals surface area contributed by atoms with Gasteiger partial charge in [0.25, 0.3) is 15.8 Å². The third-order valence-electron chi connectivity index (χ3n) is 3.85. The van der Waals surface area contributed by atoms with Gasteiger partial charge >= 0.3 is 5.97 Å². The van der Waals surface area contributed by atoms with Crippen LogP contribution in [0.25, 0.3) is 0 Å². The smallest absolute Gasteiger partial charge is 0.355 e. The highest BCUT2D eigenvalue weighted by molar-refractivity contribution is 7.90. The average Bonchev–Trinajstić information content (AvgIpc) is 3.06. The number of hydrogen-bond acceptors (Lipinski definition) is 6. The summed E-state index contributed by atoms with van der Waals surface area (Å²) in [5.74, 6) is -1.42. The van der Waals surface area contributed by atoms with E-state index in [9.17, 15) is 13.2 Å². The lowest BCUT2D eigenvalue weighted by atomic mass is 10.1. The molecule has 1 aromatic heterocycles. The first kappa shape index (κ1) is 16.7. The minimum absolute atomic E-state index is 0.112. The number of carbonyl (C=O) groups is 1. The molecule has 0 bridgehead atoms. The monoisotopic (exact) mass is 387 g/mol. The maximum absolute atomic E-state index is 12.4. The van der Waals surface area contributed by atoms with Crippen LogP contribution in [-0.4, -0.2) is 25.9 Å². The van der Waals surface area contributed by atoms with Crippen molar-refractivity contribution in [2.75, 3.05) is 0 Å². The van der Waals surface area contributed by atoms with Crippen molar-refractivity contribution in [1.29, 1.82) is 0 Å². The summed E-state index contributed by atoms with van der Waals surface area (Å²) in [6, 6.07) is 8.13. The van der Waals surface area contributed by atoms with Crippen molar-refractivity contribution in [3.05, 3.63) is 70.5 Å². The molecule has 0 radical (unpaired) electrons. The number of thiophene rings is 1. The molecule has 0 saturated heterocycles. The Labute approximate surface area is 154 Å². The third-order valence-corrected chi connectivity index (χ3v) is 6.05. The number of rotatable bonds is 2. The van der Waals surface area contributed by atoms with Crippen molar-refractivity contribution in [2.24, 2.45) is 4.40 Å². The highest BCUT2D eigenvalue weighted by Crippen LogP contribution is 2.37. The fraction of sp³-hybridized carbons (Fsp3) is 0.111. The first-order valence-electron chi connectivity index (χ1n) is 7.67. The molecule has 2 aromatic rings. The summed E-state index contributed by atoms with van der Waals surface area (Å²) >= 11 is 1.24. The van der Waals surface area contributed by atoms with E-state index in [2.05, 4.69) is 4.40 Å². The number of ether oxygens (including phenoxy) is 2. The van der Waals surface area contributed by atoms with Gasteiger partial charge in [-0.15, -0.1) is 11.3 Å². The SMILES string of the molecule is Cc1ccc(S(=O)(=O)N=C2C=CC3(C=C2)OC(=O)c2sccc2O3)cc1. The molecule has 1 aromatic carbocycles. The first-order chi connectivity index (χ1) is 12.4. The maximum Gasteiger partial charge on any atom is 0.355 e. The van der Waals surface area contributed by atoms with E-state index in [-0.39, 0.29) is 10.6 Å². The minimum Gasteiger partial charge on any atom is -0.443 e. The molecule has 2 aliphatic rings. The van der Waals surface area contributed by atoms with Crippen LogP contribution in [0.5, 0.6) is 5.75 Å². The lowest BCUT2D eigenvalue weighted by molar-refractivity contribution is -0.0842. The molecule has 0 unspecified atom stereocenters. The van der Waals surface area contributed by atoms with Crippen molar-refractivity contribution in [3.8, 4) is 5.75 Å². The predicted molar refractivity (Wildman–Crippen MR) is 97.2 cm³/mol. The molecule has 132 valence electrons. The number of aryl methyl sites for hydroxylation is 1. The summed E-state index contributed by atoms with van der Waals surface area (Å²) < 4.78 is 39.7. The summed E-state index contributed by atoms with van der Waals surface area (Å²) in [6.45, 7) is 1.87. The number of sulfonamides is 1. The summed E-state index contributed by atoms with van der Waals surface area (Å²) in [5.41, 5.74) is 1.17. The molecule has 0 fully saturated rings. The number of hydrogen-bond donors (Lipinski definition) is 0. The average molecular weight is 387 g/mol. The molecule has 8 heteroatoms. The van der Waals surface area contributed by atoms with Gasteiger partial charge in [-0.05, 0) is 42.7 Å². The van der Waals surface area contributed by atoms with Crippen LogP contribution in [0, 0.1) is 6.92 Å². The summed E-state index contributed by atoms with van der Waals surface area (Å²) in [6.07, 6.45) is 5.84. The van der Waals surface area contributed by atoms with E-state index in [1.54, 1.807) is 23.6 Å². The second kappa shape index (κ2) is 5.93. The summed E-state index contributed by atoms with van der Waals surface area (Å²) in [7, 11) is -3.83. The molecule has 4 rings (SSSR count). The molecular formula is C18H13NO5S2. The molecule has 1 spiro atoms. The number of esters is 1. The third kappa shape index (κ3) is 2.97. The van der Waals surface area contributed by atoms with Crippen LogP contribution in [0.3, 0.4) is 0 Å². The zero-order chi connectivity index (χ0) is 18.4. The predicted octanol–water partition coefficient (Wildman–Crippen LogP) is 3.26. The number of fused-ring (bicyclic) bond motifs is 1. The van der Waals surface area contributed by atoms with Crippen molar-refractivity contribution >= 4 is 33.0 Å². The van der Waals surface area contributed by atoms with Gasteiger partial charge in [-0.2, -0.15) is 12.8 Å². The van der Waals surface area contributed by atoms with Crippen molar-refractivity contribution in [1.82, 2.24) is 0 Å². The molecule has 1 aliphatic heterocycles. The molecule has 0 N–H and O–H groups in total.